The molecule has 0 aromatic rings. The van der Waals surface area contributed by atoms with Crippen LogP contribution in [0.3, 0.4) is 0 Å². The Kier molecular flexibility index (Phi) is 0.607. The summed E-state index contributed by atoms with van der Waals surface area (Å²) in [5.74, 6) is 0. The third-order valence-corrected chi connectivity index (χ3v) is 0.640. The number of aldehydes is 1. The third kappa shape index (κ3) is 0.285. The summed E-state index contributed by atoms with van der Waals surface area (Å²) in [6.45, 7) is 0. The van der Waals surface area contributed by atoms with Crippen LogP contribution in [-0.2, 0) is 4.79 Å². The van der Waals surface area contributed by atoms with Crippen LogP contribution in [0.15, 0.2) is 17.7 Å². The number of hydrogen-bond donors (Lipinski definition) is 0. The topological polar surface area (TPSA) is 17.1 Å². The van der Waals surface area contributed by atoms with Crippen LogP contribution in [0.2, 0.25) is 0 Å². The molecule has 1 aliphatic rings. The first-order valence-corrected chi connectivity index (χ1v) is 1.69. The van der Waals surface area contributed by atoms with E-state index in [2.05, 4.69) is 6.08 Å². The zero-order valence-electron chi connectivity index (χ0n) is 3.14. The highest BCUT2D eigenvalue weighted by Gasteiger charge is 1.79. The molecule has 0 atom stereocenters. The van der Waals surface area contributed by atoms with Crippen LogP contribution in [0.25, 0.3) is 0 Å². The molecule has 1 aliphatic carbocycles. The van der Waals surface area contributed by atoms with Crippen molar-refractivity contribution in [2.24, 2.45) is 0 Å². The summed E-state index contributed by atoms with van der Waals surface area (Å²) >= 11 is 0. The van der Waals surface area contributed by atoms with Gasteiger partial charge in [0.2, 0.25) is 0 Å². The lowest BCUT2D eigenvalue weighted by molar-refractivity contribution is -0.104. The van der Waals surface area contributed by atoms with Crippen LogP contribution >= 0.6 is 0 Å². The van der Waals surface area contributed by atoms with E-state index in [0.29, 0.717) is 5.57 Å². The molecular formula is C5H3O-. The fourth-order valence-corrected chi connectivity index (χ4v) is 0.253. The molecule has 0 N–H and O–H groups in total. The van der Waals surface area contributed by atoms with E-state index in [-0.39, 0.29) is 0 Å². The quantitative estimate of drug-likeness (QED) is 0.330. The van der Waals surface area contributed by atoms with E-state index in [1.165, 1.54) is 0 Å². The Balaban J connectivity index is 2.57. The zero-order valence-corrected chi connectivity index (χ0v) is 3.14. The average molecular weight is 79.1 g/mol. The molecule has 0 amide bonds. The molecule has 0 bridgehead atoms. The van der Waals surface area contributed by atoms with Crippen molar-refractivity contribution in [2.45, 2.75) is 0 Å². The number of carbonyl (C=O) groups is 1. The molecule has 6 heavy (non-hydrogen) atoms. The number of hydrogen-bond acceptors (Lipinski definition) is 1. The Morgan fingerprint density at radius 3 is 2.50 bits per heavy atom. The first-order chi connectivity index (χ1) is 2.93. The van der Waals surface area contributed by atoms with Gasteiger partial charge in [-0.15, -0.1) is 23.8 Å². The molecule has 0 radical (unpaired) electrons. The Labute approximate surface area is 36.0 Å². The molecule has 0 saturated carbocycles. The van der Waals surface area contributed by atoms with Crippen LogP contribution in [0, 0.1) is 6.08 Å². The van der Waals surface area contributed by atoms with Crippen LogP contribution < -0.4 is 0 Å². The first kappa shape index (κ1) is 3.34. The maximum Gasteiger partial charge on any atom is 0.0655 e. The fraction of sp³-hybridized carbons (Fsp3) is 0. The highest BCUT2D eigenvalue weighted by Crippen LogP contribution is 1.99. The molecule has 1 rings (SSSR count). The second-order valence-corrected chi connectivity index (χ2v) is 1.05. The Bertz CT molecular complexity index is 116. The van der Waals surface area contributed by atoms with Gasteiger partial charge in [0.25, 0.3) is 0 Å². The van der Waals surface area contributed by atoms with Crippen LogP contribution in [0.4, 0.5) is 0 Å². The molecule has 0 aromatic heterocycles. The van der Waals surface area contributed by atoms with Gasteiger partial charge in [-0.1, -0.05) is 0 Å². The lowest BCUT2D eigenvalue weighted by atomic mass is 10.1. The SMILES string of the molecule is O=CC1=CC=[C-]1. The van der Waals surface area contributed by atoms with Crippen LogP contribution in [-0.4, -0.2) is 6.29 Å². The van der Waals surface area contributed by atoms with E-state index in [4.69, 9.17) is 0 Å². The van der Waals surface area contributed by atoms with Gasteiger partial charge in [-0.2, -0.15) is 0 Å². The molecule has 0 aliphatic heterocycles. The Morgan fingerprint density at radius 2 is 2.50 bits per heavy atom. The van der Waals surface area contributed by atoms with Gasteiger partial charge in [-0.05, 0) is 0 Å². The van der Waals surface area contributed by atoms with Gasteiger partial charge < -0.3 is 4.79 Å². The summed E-state index contributed by atoms with van der Waals surface area (Å²) in [7, 11) is 0. The maximum atomic E-state index is 9.64. The number of carbonyl (C=O) groups excluding carboxylic acids is 1. The maximum absolute atomic E-state index is 9.64. The molecule has 0 aromatic carbocycles. The van der Waals surface area contributed by atoms with Crippen molar-refractivity contribution in [3.8, 4) is 0 Å². The molecule has 0 spiro atoms. The molecular weight excluding hydrogens is 76.1 g/mol. The predicted molar refractivity (Wildman–Crippen MR) is 22.0 cm³/mol. The van der Waals surface area contributed by atoms with E-state index in [0.717, 1.165) is 6.29 Å². The Hall–Kier alpha value is -0.850. The summed E-state index contributed by atoms with van der Waals surface area (Å²) in [6, 6.07) is 0. The van der Waals surface area contributed by atoms with Crippen LogP contribution in [0.1, 0.15) is 0 Å². The van der Waals surface area contributed by atoms with E-state index in [1.807, 2.05) is 0 Å². The van der Waals surface area contributed by atoms with Crippen molar-refractivity contribution < 1.29 is 4.79 Å². The summed E-state index contributed by atoms with van der Waals surface area (Å²) < 4.78 is 0. The second-order valence-electron chi connectivity index (χ2n) is 1.05. The fourth-order valence-electron chi connectivity index (χ4n) is 0.253. The molecule has 0 fully saturated rings. The predicted octanol–water partition coefficient (Wildman–Crippen LogP) is 0.485. The molecule has 1 nitrogen and oxygen atoms in total. The van der Waals surface area contributed by atoms with E-state index in [1.54, 1.807) is 12.2 Å². The smallest absolute Gasteiger partial charge is 0.0655 e. The van der Waals surface area contributed by atoms with E-state index >= 15 is 0 Å². The lowest BCUT2D eigenvalue weighted by Gasteiger charge is -2.01. The summed E-state index contributed by atoms with van der Waals surface area (Å²) in [5, 5.41) is 0. The van der Waals surface area contributed by atoms with E-state index < -0.39 is 0 Å². The van der Waals surface area contributed by atoms with Crippen molar-refractivity contribution in [3.05, 3.63) is 23.8 Å². The molecule has 0 unspecified atom stereocenters. The first-order valence-electron chi connectivity index (χ1n) is 1.69. The van der Waals surface area contributed by atoms with Gasteiger partial charge in [0.05, 0.1) is 6.29 Å². The molecule has 0 saturated heterocycles. The van der Waals surface area contributed by atoms with Gasteiger partial charge in [-0.25, -0.2) is 0 Å². The molecule has 1 heteroatoms. The highest BCUT2D eigenvalue weighted by molar-refractivity contribution is 5.79. The van der Waals surface area contributed by atoms with Crippen molar-refractivity contribution in [1.29, 1.82) is 0 Å². The standard InChI is InChI=1S/C5H3O/c6-4-5-2-1-3-5/h1-2,4H/q-1. The van der Waals surface area contributed by atoms with Gasteiger partial charge in [0, 0.05) is 0 Å². The number of rotatable bonds is 1. The summed E-state index contributed by atoms with van der Waals surface area (Å²) in [6.07, 6.45) is 6.87. The lowest BCUT2D eigenvalue weighted by Crippen LogP contribution is -1.84. The normalized spacial score (nSPS) is 15.7. The largest absolute Gasteiger partial charge is 0.355 e. The van der Waals surface area contributed by atoms with Crippen molar-refractivity contribution in [1.82, 2.24) is 0 Å². The van der Waals surface area contributed by atoms with Crippen molar-refractivity contribution >= 4 is 6.29 Å². The second kappa shape index (κ2) is 1.09. The molecule has 0 heterocycles. The average Bonchev–Trinajstić information content (AvgIpc) is 1.31. The van der Waals surface area contributed by atoms with Gasteiger partial charge >= 0.3 is 0 Å². The van der Waals surface area contributed by atoms with Gasteiger partial charge in [0.15, 0.2) is 0 Å². The monoisotopic (exact) mass is 79.0 g/mol. The van der Waals surface area contributed by atoms with Crippen molar-refractivity contribution in [3.63, 3.8) is 0 Å². The summed E-state index contributed by atoms with van der Waals surface area (Å²) in [4.78, 5) is 9.64. The number of allylic oxidation sites excluding steroid dienone is 4. The third-order valence-electron chi connectivity index (χ3n) is 0.640. The van der Waals surface area contributed by atoms with Crippen molar-refractivity contribution in [2.75, 3.05) is 0 Å². The molecule has 30 valence electrons. The van der Waals surface area contributed by atoms with Gasteiger partial charge in [-0.3, -0.25) is 0 Å². The minimum absolute atomic E-state index is 0.662. The minimum Gasteiger partial charge on any atom is -0.355 e. The Morgan fingerprint density at radius 1 is 1.83 bits per heavy atom. The zero-order chi connectivity index (χ0) is 4.41. The van der Waals surface area contributed by atoms with E-state index in [9.17, 15) is 4.79 Å². The highest BCUT2D eigenvalue weighted by atomic mass is 16.1. The van der Waals surface area contributed by atoms with Crippen LogP contribution in [0.5, 0.6) is 0 Å². The minimum atomic E-state index is 0.662. The summed E-state index contributed by atoms with van der Waals surface area (Å²) in [5.41, 5.74) is 0.662. The van der Waals surface area contributed by atoms with Gasteiger partial charge in [0.1, 0.15) is 0 Å².